The van der Waals surface area contributed by atoms with E-state index in [1.54, 1.807) is 4.90 Å². The SMILES string of the molecule is Cc1ccc(CN(C(=O)CCCN(c2ccc(F)cc2)S(C)(=O)=O)[C@@H](Cc2ccccc2)C(=O)NC2CCCC2)cc1. The van der Waals surface area contributed by atoms with Crippen molar-refractivity contribution in [2.45, 2.75) is 70.5 Å². The van der Waals surface area contributed by atoms with Gasteiger partial charge in [0.25, 0.3) is 0 Å². The smallest absolute Gasteiger partial charge is 0.243 e. The Morgan fingerprint density at radius 1 is 0.929 bits per heavy atom. The molecule has 0 unspecified atom stereocenters. The summed E-state index contributed by atoms with van der Waals surface area (Å²) in [5, 5.41) is 3.20. The van der Waals surface area contributed by atoms with Crippen LogP contribution in [0.2, 0.25) is 0 Å². The number of hydrogen-bond acceptors (Lipinski definition) is 4. The van der Waals surface area contributed by atoms with Crippen LogP contribution in [0.4, 0.5) is 10.1 Å². The number of halogens is 1. The Morgan fingerprint density at radius 2 is 1.57 bits per heavy atom. The van der Waals surface area contributed by atoms with E-state index in [2.05, 4.69) is 5.32 Å². The normalized spacial score (nSPS) is 14.4. The molecular weight excluding hydrogens is 553 g/mol. The number of nitrogens with zero attached hydrogens (tertiary/aromatic N) is 2. The average molecular weight is 594 g/mol. The van der Waals surface area contributed by atoms with Crippen LogP contribution in [0.5, 0.6) is 0 Å². The maximum atomic E-state index is 13.9. The molecule has 1 saturated carbocycles. The van der Waals surface area contributed by atoms with Crippen LogP contribution in [0.1, 0.15) is 55.2 Å². The number of carbonyl (C=O) groups is 2. The summed E-state index contributed by atoms with van der Waals surface area (Å²) >= 11 is 0. The average Bonchev–Trinajstić information content (AvgIpc) is 3.47. The Hall–Kier alpha value is -3.72. The summed E-state index contributed by atoms with van der Waals surface area (Å²) in [5.41, 5.74) is 3.29. The number of benzene rings is 3. The van der Waals surface area contributed by atoms with Gasteiger partial charge in [-0.1, -0.05) is 73.0 Å². The van der Waals surface area contributed by atoms with Gasteiger partial charge in [0.15, 0.2) is 0 Å². The molecule has 0 aromatic heterocycles. The first kappa shape index (κ1) is 31.2. The van der Waals surface area contributed by atoms with Gasteiger partial charge < -0.3 is 10.2 Å². The Balaban J connectivity index is 1.57. The highest BCUT2D eigenvalue weighted by Gasteiger charge is 2.32. The number of hydrogen-bond donors (Lipinski definition) is 1. The molecule has 0 radical (unpaired) electrons. The number of amides is 2. The lowest BCUT2D eigenvalue weighted by atomic mass is 10.0. The quantitative estimate of drug-likeness (QED) is 0.288. The van der Waals surface area contributed by atoms with Crippen molar-refractivity contribution in [3.63, 3.8) is 0 Å². The monoisotopic (exact) mass is 593 g/mol. The molecule has 1 aliphatic rings. The third kappa shape index (κ3) is 8.89. The molecule has 1 aliphatic carbocycles. The van der Waals surface area contributed by atoms with Gasteiger partial charge in [0.2, 0.25) is 21.8 Å². The first-order valence-corrected chi connectivity index (χ1v) is 16.4. The molecule has 1 N–H and O–H groups in total. The van der Waals surface area contributed by atoms with Gasteiger partial charge in [0.05, 0.1) is 11.9 Å². The van der Waals surface area contributed by atoms with Crippen LogP contribution in [0.25, 0.3) is 0 Å². The minimum Gasteiger partial charge on any atom is -0.352 e. The number of anilines is 1. The minimum absolute atomic E-state index is 0.0427. The fraction of sp³-hybridized carbons (Fsp3) is 0.394. The molecule has 9 heteroatoms. The van der Waals surface area contributed by atoms with E-state index < -0.39 is 21.9 Å². The first-order valence-electron chi connectivity index (χ1n) is 14.5. The number of rotatable bonds is 13. The fourth-order valence-electron chi connectivity index (χ4n) is 5.42. The van der Waals surface area contributed by atoms with Gasteiger partial charge in [-0.2, -0.15) is 0 Å². The van der Waals surface area contributed by atoms with Crippen molar-refractivity contribution in [3.8, 4) is 0 Å². The lowest BCUT2D eigenvalue weighted by Crippen LogP contribution is -2.52. The van der Waals surface area contributed by atoms with Crippen LogP contribution in [-0.4, -0.2) is 50.0 Å². The lowest BCUT2D eigenvalue weighted by Gasteiger charge is -2.33. The first-order chi connectivity index (χ1) is 20.1. The van der Waals surface area contributed by atoms with Crippen molar-refractivity contribution >= 4 is 27.5 Å². The molecule has 4 rings (SSSR count). The van der Waals surface area contributed by atoms with Crippen LogP contribution in [-0.2, 0) is 32.6 Å². The van der Waals surface area contributed by atoms with E-state index in [1.165, 1.54) is 28.6 Å². The standard InChI is InChI=1S/C33H40FN3O4S/c1-25-14-16-27(17-15-25)24-36(31(23-26-9-4-3-5-10-26)33(39)35-29-11-6-7-12-29)32(38)13-8-22-37(42(2,40)41)30-20-18-28(34)19-21-30/h3-5,9-10,14-21,29,31H,6-8,11-13,22-24H2,1-2H3,(H,35,39)/t31-/m0/s1. The van der Waals surface area contributed by atoms with E-state index in [-0.39, 0.29) is 43.8 Å². The van der Waals surface area contributed by atoms with E-state index >= 15 is 0 Å². The molecule has 0 bridgehead atoms. The molecule has 2 amide bonds. The highest BCUT2D eigenvalue weighted by Crippen LogP contribution is 2.22. The highest BCUT2D eigenvalue weighted by molar-refractivity contribution is 7.92. The summed E-state index contributed by atoms with van der Waals surface area (Å²) in [5.74, 6) is -0.865. The second kappa shape index (κ2) is 14.4. The highest BCUT2D eigenvalue weighted by atomic mass is 32.2. The van der Waals surface area contributed by atoms with Gasteiger partial charge in [0, 0.05) is 32.0 Å². The van der Waals surface area contributed by atoms with Crippen molar-refractivity contribution < 1.29 is 22.4 Å². The molecule has 224 valence electrons. The molecule has 0 saturated heterocycles. The maximum absolute atomic E-state index is 13.9. The van der Waals surface area contributed by atoms with Crippen LogP contribution in [0.15, 0.2) is 78.9 Å². The molecule has 3 aromatic carbocycles. The second-order valence-electron chi connectivity index (χ2n) is 11.1. The van der Waals surface area contributed by atoms with E-state index in [0.717, 1.165) is 48.6 Å². The largest absolute Gasteiger partial charge is 0.352 e. The van der Waals surface area contributed by atoms with Crippen LogP contribution >= 0.6 is 0 Å². The van der Waals surface area contributed by atoms with E-state index in [0.29, 0.717) is 12.1 Å². The molecule has 0 aliphatic heterocycles. The third-order valence-electron chi connectivity index (χ3n) is 7.71. The fourth-order valence-corrected chi connectivity index (χ4v) is 6.39. The second-order valence-corrected chi connectivity index (χ2v) is 13.0. The summed E-state index contributed by atoms with van der Waals surface area (Å²) in [4.78, 5) is 29.4. The summed E-state index contributed by atoms with van der Waals surface area (Å²) < 4.78 is 39.7. The molecule has 1 atom stereocenters. The zero-order valence-corrected chi connectivity index (χ0v) is 25.2. The molecule has 1 fully saturated rings. The Kier molecular flexibility index (Phi) is 10.7. The van der Waals surface area contributed by atoms with Gasteiger partial charge in [-0.15, -0.1) is 0 Å². The molecule has 3 aromatic rings. The van der Waals surface area contributed by atoms with E-state index in [9.17, 15) is 22.4 Å². The van der Waals surface area contributed by atoms with Crippen molar-refractivity contribution in [3.05, 3.63) is 101 Å². The number of carbonyl (C=O) groups excluding carboxylic acids is 2. The molecule has 42 heavy (non-hydrogen) atoms. The Bertz CT molecular complexity index is 1420. The summed E-state index contributed by atoms with van der Waals surface area (Å²) in [6.45, 7) is 2.29. The van der Waals surface area contributed by atoms with Crippen molar-refractivity contribution in [2.24, 2.45) is 0 Å². The lowest BCUT2D eigenvalue weighted by molar-refractivity contribution is -0.141. The van der Waals surface area contributed by atoms with E-state index in [4.69, 9.17) is 0 Å². The summed E-state index contributed by atoms with van der Waals surface area (Å²) in [6, 6.07) is 22.2. The Labute approximate surface area is 248 Å². The van der Waals surface area contributed by atoms with Gasteiger partial charge >= 0.3 is 0 Å². The molecule has 0 spiro atoms. The van der Waals surface area contributed by atoms with Crippen LogP contribution in [0.3, 0.4) is 0 Å². The zero-order chi connectivity index (χ0) is 30.1. The molecule has 0 heterocycles. The van der Waals surface area contributed by atoms with Gasteiger partial charge in [-0.25, -0.2) is 12.8 Å². The summed E-state index contributed by atoms with van der Waals surface area (Å²) in [6.07, 6.45) is 5.74. The van der Waals surface area contributed by atoms with E-state index in [1.807, 2.05) is 61.5 Å². The molecule has 7 nitrogen and oxygen atoms in total. The predicted octanol–water partition coefficient (Wildman–Crippen LogP) is 5.38. The topological polar surface area (TPSA) is 86.8 Å². The number of sulfonamides is 1. The van der Waals surface area contributed by atoms with Crippen molar-refractivity contribution in [1.29, 1.82) is 0 Å². The van der Waals surface area contributed by atoms with Crippen LogP contribution < -0.4 is 9.62 Å². The summed E-state index contributed by atoms with van der Waals surface area (Å²) in [7, 11) is -3.66. The van der Waals surface area contributed by atoms with Crippen LogP contribution in [0, 0.1) is 12.7 Å². The van der Waals surface area contributed by atoms with Gasteiger partial charge in [-0.05, 0) is 61.6 Å². The number of nitrogens with one attached hydrogen (secondary N) is 1. The van der Waals surface area contributed by atoms with Crippen molar-refractivity contribution in [1.82, 2.24) is 10.2 Å². The zero-order valence-electron chi connectivity index (χ0n) is 24.3. The van der Waals surface area contributed by atoms with Gasteiger partial charge in [0.1, 0.15) is 11.9 Å². The maximum Gasteiger partial charge on any atom is 0.243 e. The number of aryl methyl sites for hydroxylation is 1. The van der Waals surface area contributed by atoms with Crippen molar-refractivity contribution in [2.75, 3.05) is 17.1 Å². The minimum atomic E-state index is -3.66. The third-order valence-corrected chi connectivity index (χ3v) is 8.91. The Morgan fingerprint density at radius 3 is 2.19 bits per heavy atom. The van der Waals surface area contributed by atoms with Gasteiger partial charge in [-0.3, -0.25) is 13.9 Å². The predicted molar refractivity (Wildman–Crippen MR) is 164 cm³/mol. The molecular formula is C33H40FN3O4S.